The van der Waals surface area contributed by atoms with Crippen molar-refractivity contribution in [2.75, 3.05) is 39.9 Å². The molecule has 0 atom stereocenters. The molecule has 0 saturated carbocycles. The number of rotatable bonds is 4. The summed E-state index contributed by atoms with van der Waals surface area (Å²) in [6.07, 6.45) is 1.27. The van der Waals surface area contributed by atoms with E-state index in [1.807, 2.05) is 30.3 Å². The molecule has 27 heavy (non-hydrogen) atoms. The molecule has 2 aromatic rings. The molecule has 2 amide bonds. The number of nitrogens with zero attached hydrogens (tertiary/aromatic N) is 3. The zero-order chi connectivity index (χ0) is 19.2. The molecule has 1 aliphatic heterocycles. The number of carbonyl (C=O) groups is 2. The Hall–Kier alpha value is -3.09. The van der Waals surface area contributed by atoms with Crippen LogP contribution in [0.3, 0.4) is 0 Å². The molecular formula is C20H23N3O4. The molecule has 0 spiro atoms. The number of aromatic nitrogens is 1. The molecule has 7 nitrogen and oxygen atoms in total. The Morgan fingerprint density at radius 3 is 2.44 bits per heavy atom. The number of ether oxygens (including phenoxy) is 2. The molecule has 0 aliphatic carbocycles. The predicted molar refractivity (Wildman–Crippen MR) is 101 cm³/mol. The lowest BCUT2D eigenvalue weighted by molar-refractivity contribution is 0.0570. The Kier molecular flexibility index (Phi) is 5.90. The second-order valence-electron chi connectivity index (χ2n) is 6.14. The van der Waals surface area contributed by atoms with E-state index in [-0.39, 0.29) is 12.0 Å². The van der Waals surface area contributed by atoms with Gasteiger partial charge in [-0.25, -0.2) is 4.79 Å². The van der Waals surface area contributed by atoms with E-state index in [0.29, 0.717) is 38.3 Å². The summed E-state index contributed by atoms with van der Waals surface area (Å²) >= 11 is 0. The molecule has 0 N–H and O–H groups in total. The zero-order valence-corrected chi connectivity index (χ0v) is 15.6. The Morgan fingerprint density at radius 1 is 1.07 bits per heavy atom. The minimum Gasteiger partial charge on any atom is -0.497 e. The van der Waals surface area contributed by atoms with Gasteiger partial charge in [-0.15, -0.1) is 0 Å². The van der Waals surface area contributed by atoms with Crippen molar-refractivity contribution < 1.29 is 19.1 Å². The lowest BCUT2D eigenvalue weighted by atomic mass is 10.1. The standard InChI is InChI=1S/C20H23N3O4/c1-3-27-20(25)23-11-9-22(10-12-23)19(24)16-7-8-18(21-14-16)15-5-4-6-17(13-15)26-2/h4-8,13-14H,3,9-12H2,1-2H3. The fraction of sp³-hybridized carbons (Fsp3) is 0.350. The average Bonchev–Trinajstić information content (AvgIpc) is 2.73. The highest BCUT2D eigenvalue weighted by molar-refractivity contribution is 5.94. The van der Waals surface area contributed by atoms with Crippen LogP contribution >= 0.6 is 0 Å². The van der Waals surface area contributed by atoms with Crippen molar-refractivity contribution >= 4 is 12.0 Å². The third-order valence-corrected chi connectivity index (χ3v) is 4.47. The summed E-state index contributed by atoms with van der Waals surface area (Å²) in [5.41, 5.74) is 2.24. The predicted octanol–water partition coefficient (Wildman–Crippen LogP) is 2.67. The van der Waals surface area contributed by atoms with E-state index in [9.17, 15) is 9.59 Å². The number of hydrogen-bond donors (Lipinski definition) is 0. The first kappa shape index (κ1) is 18.7. The third kappa shape index (κ3) is 4.36. The highest BCUT2D eigenvalue weighted by Gasteiger charge is 2.25. The number of methoxy groups -OCH3 is 1. The summed E-state index contributed by atoms with van der Waals surface area (Å²) in [5, 5.41) is 0. The van der Waals surface area contributed by atoms with Gasteiger partial charge in [-0.2, -0.15) is 0 Å². The minimum atomic E-state index is -0.325. The second-order valence-corrected chi connectivity index (χ2v) is 6.14. The first-order chi connectivity index (χ1) is 13.1. The molecular weight excluding hydrogens is 346 g/mol. The summed E-state index contributed by atoms with van der Waals surface area (Å²) in [4.78, 5) is 32.2. The van der Waals surface area contributed by atoms with Crippen molar-refractivity contribution in [3.8, 4) is 17.0 Å². The van der Waals surface area contributed by atoms with Gasteiger partial charge in [0.2, 0.25) is 0 Å². The molecule has 0 bridgehead atoms. The summed E-state index contributed by atoms with van der Waals surface area (Å²) < 4.78 is 10.2. The Labute approximate surface area is 158 Å². The van der Waals surface area contributed by atoms with Gasteiger partial charge >= 0.3 is 6.09 Å². The van der Waals surface area contributed by atoms with Gasteiger partial charge < -0.3 is 19.3 Å². The SMILES string of the molecule is CCOC(=O)N1CCN(C(=O)c2ccc(-c3cccc(OC)c3)nc2)CC1. The maximum absolute atomic E-state index is 12.7. The number of benzene rings is 1. The largest absolute Gasteiger partial charge is 0.497 e. The minimum absolute atomic E-state index is 0.0804. The Balaban J connectivity index is 1.63. The summed E-state index contributed by atoms with van der Waals surface area (Å²) in [6, 6.07) is 11.2. The number of carbonyl (C=O) groups excluding carboxylic acids is 2. The van der Waals surface area contributed by atoms with Gasteiger partial charge in [0.1, 0.15) is 5.75 Å². The second kappa shape index (κ2) is 8.53. The topological polar surface area (TPSA) is 72.0 Å². The number of amides is 2. The lowest BCUT2D eigenvalue weighted by Gasteiger charge is -2.34. The van der Waals surface area contributed by atoms with Crippen LogP contribution in [0.25, 0.3) is 11.3 Å². The van der Waals surface area contributed by atoms with Crippen LogP contribution in [0.1, 0.15) is 17.3 Å². The summed E-state index contributed by atoms with van der Waals surface area (Å²) in [5.74, 6) is 0.678. The summed E-state index contributed by atoms with van der Waals surface area (Å²) in [6.45, 7) is 4.04. The van der Waals surface area contributed by atoms with E-state index in [4.69, 9.17) is 9.47 Å². The van der Waals surface area contributed by atoms with E-state index in [1.165, 1.54) is 0 Å². The monoisotopic (exact) mass is 369 g/mol. The van der Waals surface area contributed by atoms with Crippen LogP contribution in [0.2, 0.25) is 0 Å². The van der Waals surface area contributed by atoms with Crippen molar-refractivity contribution in [2.45, 2.75) is 6.92 Å². The van der Waals surface area contributed by atoms with Gasteiger partial charge in [-0.3, -0.25) is 9.78 Å². The van der Waals surface area contributed by atoms with E-state index >= 15 is 0 Å². The zero-order valence-electron chi connectivity index (χ0n) is 15.6. The van der Waals surface area contributed by atoms with E-state index in [1.54, 1.807) is 36.1 Å². The van der Waals surface area contributed by atoms with Gasteiger partial charge in [0, 0.05) is 37.9 Å². The van der Waals surface area contributed by atoms with Gasteiger partial charge in [-0.05, 0) is 31.2 Å². The molecule has 1 fully saturated rings. The smallest absolute Gasteiger partial charge is 0.409 e. The molecule has 1 aromatic heterocycles. The molecule has 1 aromatic carbocycles. The number of hydrogen-bond acceptors (Lipinski definition) is 5. The highest BCUT2D eigenvalue weighted by atomic mass is 16.6. The van der Waals surface area contributed by atoms with Crippen LogP contribution in [0.15, 0.2) is 42.6 Å². The molecule has 0 radical (unpaired) electrons. The normalized spacial score (nSPS) is 14.0. The highest BCUT2D eigenvalue weighted by Crippen LogP contribution is 2.22. The molecule has 7 heteroatoms. The number of piperazine rings is 1. The van der Waals surface area contributed by atoms with Crippen LogP contribution < -0.4 is 4.74 Å². The van der Waals surface area contributed by atoms with E-state index < -0.39 is 0 Å². The maximum Gasteiger partial charge on any atom is 0.409 e. The van der Waals surface area contributed by atoms with Crippen molar-refractivity contribution in [3.63, 3.8) is 0 Å². The molecule has 142 valence electrons. The molecule has 3 rings (SSSR count). The molecule has 2 heterocycles. The van der Waals surface area contributed by atoms with Crippen LogP contribution in [0.5, 0.6) is 5.75 Å². The Bertz CT molecular complexity index is 799. The van der Waals surface area contributed by atoms with E-state index in [2.05, 4.69) is 4.98 Å². The fourth-order valence-electron chi connectivity index (χ4n) is 2.96. The van der Waals surface area contributed by atoms with Gasteiger partial charge in [0.05, 0.1) is 25.0 Å². The fourth-order valence-corrected chi connectivity index (χ4v) is 2.96. The first-order valence-corrected chi connectivity index (χ1v) is 8.94. The molecule has 1 saturated heterocycles. The third-order valence-electron chi connectivity index (χ3n) is 4.47. The lowest BCUT2D eigenvalue weighted by Crippen LogP contribution is -2.50. The van der Waals surface area contributed by atoms with Crippen molar-refractivity contribution in [1.82, 2.24) is 14.8 Å². The maximum atomic E-state index is 12.7. The first-order valence-electron chi connectivity index (χ1n) is 8.94. The van der Waals surface area contributed by atoms with Gasteiger partial charge in [-0.1, -0.05) is 12.1 Å². The average molecular weight is 369 g/mol. The number of pyridine rings is 1. The van der Waals surface area contributed by atoms with Crippen molar-refractivity contribution in [2.24, 2.45) is 0 Å². The van der Waals surface area contributed by atoms with Gasteiger partial charge in [0.25, 0.3) is 5.91 Å². The summed E-state index contributed by atoms with van der Waals surface area (Å²) in [7, 11) is 1.62. The van der Waals surface area contributed by atoms with Crippen LogP contribution in [0.4, 0.5) is 4.79 Å². The Morgan fingerprint density at radius 2 is 1.81 bits per heavy atom. The van der Waals surface area contributed by atoms with E-state index in [0.717, 1.165) is 17.0 Å². The van der Waals surface area contributed by atoms with Gasteiger partial charge in [0.15, 0.2) is 0 Å². The van der Waals surface area contributed by atoms with Crippen molar-refractivity contribution in [3.05, 3.63) is 48.2 Å². The van der Waals surface area contributed by atoms with Crippen LogP contribution in [-0.4, -0.2) is 66.7 Å². The molecule has 0 unspecified atom stereocenters. The van der Waals surface area contributed by atoms with Crippen molar-refractivity contribution in [1.29, 1.82) is 0 Å². The quantitative estimate of drug-likeness (QED) is 0.829. The van der Waals surface area contributed by atoms with Crippen LogP contribution in [-0.2, 0) is 4.74 Å². The van der Waals surface area contributed by atoms with Crippen LogP contribution in [0, 0.1) is 0 Å². The molecule has 1 aliphatic rings.